The van der Waals surface area contributed by atoms with E-state index in [1.807, 2.05) is 13.0 Å². The zero-order valence-corrected chi connectivity index (χ0v) is 11.4. The molecule has 2 aliphatic rings. The van der Waals surface area contributed by atoms with E-state index in [9.17, 15) is 4.79 Å². The Labute approximate surface area is 113 Å². The highest BCUT2D eigenvalue weighted by molar-refractivity contribution is 5.93. The van der Waals surface area contributed by atoms with Gasteiger partial charge in [0.2, 0.25) is 5.91 Å². The van der Waals surface area contributed by atoms with E-state index in [1.165, 1.54) is 0 Å². The number of aromatic nitrogens is 1. The van der Waals surface area contributed by atoms with Gasteiger partial charge in [-0.15, -0.1) is 0 Å². The fourth-order valence-electron chi connectivity index (χ4n) is 3.41. The van der Waals surface area contributed by atoms with Gasteiger partial charge in [0, 0.05) is 36.9 Å². The summed E-state index contributed by atoms with van der Waals surface area (Å²) in [6.45, 7) is 7.31. The van der Waals surface area contributed by atoms with E-state index in [0.29, 0.717) is 23.4 Å². The zero-order valence-electron chi connectivity index (χ0n) is 11.4. The van der Waals surface area contributed by atoms with Gasteiger partial charge in [-0.25, -0.2) is 4.98 Å². The third-order valence-electron chi connectivity index (χ3n) is 4.45. The first-order valence-corrected chi connectivity index (χ1v) is 6.82. The van der Waals surface area contributed by atoms with Crippen LogP contribution in [0.25, 0.3) is 0 Å². The Morgan fingerprint density at radius 1 is 1.47 bits per heavy atom. The zero-order chi connectivity index (χ0) is 13.6. The molecule has 2 aliphatic heterocycles. The highest BCUT2D eigenvalue weighted by Gasteiger charge is 2.42. The molecule has 1 amide bonds. The first-order valence-electron chi connectivity index (χ1n) is 6.82. The molecule has 19 heavy (non-hydrogen) atoms. The molecule has 0 aromatic carbocycles. The van der Waals surface area contributed by atoms with Gasteiger partial charge in [-0.1, -0.05) is 0 Å². The molecule has 0 aliphatic carbocycles. The standard InChI is InChI=1S/C14H20N4O/c1-8-3-10(14(15)19)4-13(17-8)18-7-11-5-16-6-12(11)9(18)2/h3-4,9,11-12,16H,5-7H2,1-2H3,(H2,15,19). The molecule has 1 aromatic heterocycles. The van der Waals surface area contributed by atoms with Gasteiger partial charge in [0.15, 0.2) is 0 Å². The normalized spacial score (nSPS) is 29.6. The lowest BCUT2D eigenvalue weighted by Gasteiger charge is -2.26. The Morgan fingerprint density at radius 3 is 2.95 bits per heavy atom. The molecule has 0 spiro atoms. The Hall–Kier alpha value is -1.62. The fourth-order valence-corrected chi connectivity index (χ4v) is 3.41. The van der Waals surface area contributed by atoms with Crippen LogP contribution in [0.1, 0.15) is 23.0 Å². The Bertz CT molecular complexity index is 516. The summed E-state index contributed by atoms with van der Waals surface area (Å²) in [7, 11) is 0. The van der Waals surface area contributed by atoms with Crippen molar-refractivity contribution in [1.82, 2.24) is 10.3 Å². The molecular weight excluding hydrogens is 240 g/mol. The van der Waals surface area contributed by atoms with Crippen molar-refractivity contribution >= 4 is 11.7 Å². The minimum atomic E-state index is -0.388. The van der Waals surface area contributed by atoms with Crippen LogP contribution in [-0.2, 0) is 0 Å². The summed E-state index contributed by atoms with van der Waals surface area (Å²) < 4.78 is 0. The number of anilines is 1. The minimum absolute atomic E-state index is 0.388. The predicted molar refractivity (Wildman–Crippen MR) is 74.1 cm³/mol. The smallest absolute Gasteiger partial charge is 0.248 e. The summed E-state index contributed by atoms with van der Waals surface area (Å²) in [4.78, 5) is 18.3. The quantitative estimate of drug-likeness (QED) is 0.814. The van der Waals surface area contributed by atoms with E-state index < -0.39 is 0 Å². The van der Waals surface area contributed by atoms with E-state index >= 15 is 0 Å². The van der Waals surface area contributed by atoms with Crippen molar-refractivity contribution in [3.05, 3.63) is 23.4 Å². The number of hydrogen-bond donors (Lipinski definition) is 2. The van der Waals surface area contributed by atoms with Crippen molar-refractivity contribution in [3.63, 3.8) is 0 Å². The van der Waals surface area contributed by atoms with Crippen LogP contribution >= 0.6 is 0 Å². The van der Waals surface area contributed by atoms with E-state index in [0.717, 1.165) is 31.1 Å². The molecule has 0 saturated carbocycles. The maximum absolute atomic E-state index is 11.4. The summed E-state index contributed by atoms with van der Waals surface area (Å²) in [5, 5.41) is 3.45. The summed E-state index contributed by atoms with van der Waals surface area (Å²) in [5.41, 5.74) is 6.77. The molecule has 5 nitrogen and oxygen atoms in total. The van der Waals surface area contributed by atoms with Crippen molar-refractivity contribution in [3.8, 4) is 0 Å². The number of amides is 1. The molecule has 3 heterocycles. The van der Waals surface area contributed by atoms with E-state index in [2.05, 4.69) is 22.1 Å². The number of nitrogens with zero attached hydrogens (tertiary/aromatic N) is 2. The van der Waals surface area contributed by atoms with Gasteiger partial charge in [0.05, 0.1) is 0 Å². The summed E-state index contributed by atoms with van der Waals surface area (Å²) >= 11 is 0. The second-order valence-electron chi connectivity index (χ2n) is 5.69. The number of nitrogens with one attached hydrogen (secondary N) is 1. The molecule has 1 aromatic rings. The molecule has 3 unspecified atom stereocenters. The van der Waals surface area contributed by atoms with Crippen LogP contribution in [0.4, 0.5) is 5.82 Å². The minimum Gasteiger partial charge on any atom is -0.366 e. The molecule has 3 N–H and O–H groups in total. The number of fused-ring (bicyclic) bond motifs is 1. The average molecular weight is 260 g/mol. The van der Waals surface area contributed by atoms with Crippen LogP contribution in [0.3, 0.4) is 0 Å². The molecular formula is C14H20N4O. The molecule has 0 bridgehead atoms. The second-order valence-corrected chi connectivity index (χ2v) is 5.69. The number of aryl methyl sites for hydroxylation is 1. The van der Waals surface area contributed by atoms with Crippen molar-refractivity contribution in [2.45, 2.75) is 19.9 Å². The van der Waals surface area contributed by atoms with Gasteiger partial charge in [-0.3, -0.25) is 4.79 Å². The number of primary amides is 1. The van der Waals surface area contributed by atoms with Crippen LogP contribution in [0.15, 0.2) is 12.1 Å². The van der Waals surface area contributed by atoms with Crippen LogP contribution in [-0.4, -0.2) is 36.6 Å². The Morgan fingerprint density at radius 2 is 2.26 bits per heavy atom. The summed E-state index contributed by atoms with van der Waals surface area (Å²) in [5.74, 6) is 1.87. The molecule has 2 saturated heterocycles. The van der Waals surface area contributed by atoms with Gasteiger partial charge in [-0.05, 0) is 37.8 Å². The lowest BCUT2D eigenvalue weighted by molar-refractivity contribution is 0.1000. The molecule has 0 radical (unpaired) electrons. The number of carbonyl (C=O) groups is 1. The maximum atomic E-state index is 11.4. The van der Waals surface area contributed by atoms with Gasteiger partial charge in [0.25, 0.3) is 0 Å². The molecule has 3 rings (SSSR count). The number of rotatable bonds is 2. The monoisotopic (exact) mass is 260 g/mol. The van der Waals surface area contributed by atoms with E-state index in [-0.39, 0.29) is 5.91 Å². The van der Waals surface area contributed by atoms with Crippen molar-refractivity contribution in [2.24, 2.45) is 17.6 Å². The van der Waals surface area contributed by atoms with Crippen LogP contribution in [0, 0.1) is 18.8 Å². The highest BCUT2D eigenvalue weighted by Crippen LogP contribution is 2.35. The highest BCUT2D eigenvalue weighted by atomic mass is 16.1. The Balaban J connectivity index is 1.92. The lowest BCUT2D eigenvalue weighted by atomic mass is 9.95. The summed E-state index contributed by atoms with van der Waals surface area (Å²) in [6.07, 6.45) is 0. The van der Waals surface area contributed by atoms with Crippen molar-refractivity contribution in [1.29, 1.82) is 0 Å². The third-order valence-corrected chi connectivity index (χ3v) is 4.45. The van der Waals surface area contributed by atoms with Crippen molar-refractivity contribution < 1.29 is 4.79 Å². The van der Waals surface area contributed by atoms with E-state index in [1.54, 1.807) is 6.07 Å². The van der Waals surface area contributed by atoms with Gasteiger partial charge in [0.1, 0.15) is 5.82 Å². The first kappa shape index (κ1) is 12.4. The predicted octanol–water partition coefficient (Wildman–Crippen LogP) is 0.533. The Kier molecular flexibility index (Phi) is 2.93. The fraction of sp³-hybridized carbons (Fsp3) is 0.571. The van der Waals surface area contributed by atoms with Crippen LogP contribution in [0.2, 0.25) is 0 Å². The number of hydrogen-bond acceptors (Lipinski definition) is 4. The molecule has 102 valence electrons. The molecule has 3 atom stereocenters. The molecule has 5 heteroatoms. The average Bonchev–Trinajstić information content (AvgIpc) is 2.92. The third kappa shape index (κ3) is 2.08. The van der Waals surface area contributed by atoms with Gasteiger partial charge >= 0.3 is 0 Å². The number of nitrogens with two attached hydrogens (primary N) is 1. The number of pyridine rings is 1. The van der Waals surface area contributed by atoms with Crippen LogP contribution in [0.5, 0.6) is 0 Å². The maximum Gasteiger partial charge on any atom is 0.248 e. The van der Waals surface area contributed by atoms with Gasteiger partial charge < -0.3 is 16.0 Å². The topological polar surface area (TPSA) is 71.2 Å². The first-order chi connectivity index (χ1) is 9.06. The van der Waals surface area contributed by atoms with Crippen LogP contribution < -0.4 is 16.0 Å². The second kappa shape index (κ2) is 4.49. The van der Waals surface area contributed by atoms with E-state index in [4.69, 9.17) is 5.73 Å². The molecule has 2 fully saturated rings. The summed E-state index contributed by atoms with van der Waals surface area (Å²) in [6, 6.07) is 4.02. The van der Waals surface area contributed by atoms with Crippen molar-refractivity contribution in [2.75, 3.05) is 24.5 Å². The van der Waals surface area contributed by atoms with Gasteiger partial charge in [-0.2, -0.15) is 0 Å². The lowest BCUT2D eigenvalue weighted by Crippen LogP contribution is -2.34. The number of carbonyl (C=O) groups excluding carboxylic acids is 1. The largest absolute Gasteiger partial charge is 0.366 e. The SMILES string of the molecule is Cc1cc(C(N)=O)cc(N2CC3CNCC3C2C)n1.